The van der Waals surface area contributed by atoms with Gasteiger partial charge in [-0.05, 0) is 30.2 Å². The molecule has 0 aromatic heterocycles. The van der Waals surface area contributed by atoms with Crippen LogP contribution in [0.4, 0.5) is 11.4 Å². The van der Waals surface area contributed by atoms with Crippen molar-refractivity contribution >= 4 is 23.1 Å². The van der Waals surface area contributed by atoms with Crippen LogP contribution in [0.5, 0.6) is 5.75 Å². The van der Waals surface area contributed by atoms with Crippen LogP contribution in [0.25, 0.3) is 11.1 Å². The Morgan fingerprint density at radius 1 is 1.44 bits per heavy atom. The molecule has 0 atom stereocenters. The second-order valence-electron chi connectivity index (χ2n) is 5.31. The quantitative estimate of drug-likeness (QED) is 0.385. The van der Waals surface area contributed by atoms with Gasteiger partial charge in [0.15, 0.2) is 0 Å². The molecular weight excluding hydrogens is 320 g/mol. The number of rotatable bonds is 4. The number of methoxy groups -OCH3 is 1. The molecule has 0 spiro atoms. The van der Waals surface area contributed by atoms with Crippen LogP contribution in [0.2, 0.25) is 0 Å². The number of carbonyl (C=O) groups excluding carboxylic acids is 1. The summed E-state index contributed by atoms with van der Waals surface area (Å²) in [6, 6.07) is 8.10. The highest BCUT2D eigenvalue weighted by atomic mass is 16.5. The number of ether oxygens (including phenoxy) is 1. The lowest BCUT2D eigenvalue weighted by Gasteiger charge is -2.20. The fraction of sp³-hybridized carbons (Fsp3) is 0.167. The fourth-order valence-corrected chi connectivity index (χ4v) is 2.66. The number of nitrogens with zero attached hydrogens (tertiary/aromatic N) is 1. The van der Waals surface area contributed by atoms with E-state index in [1.54, 1.807) is 32.2 Å². The maximum atomic E-state index is 12.1. The van der Waals surface area contributed by atoms with Crippen molar-refractivity contribution in [2.75, 3.05) is 25.2 Å². The number of phenols is 1. The number of esters is 1. The molecule has 0 aliphatic heterocycles. The molecule has 2 aromatic rings. The van der Waals surface area contributed by atoms with Crippen molar-refractivity contribution in [3.05, 3.63) is 41.0 Å². The van der Waals surface area contributed by atoms with E-state index in [0.717, 1.165) is 0 Å². The molecule has 0 heterocycles. The van der Waals surface area contributed by atoms with Crippen LogP contribution in [-0.2, 0) is 4.74 Å². The van der Waals surface area contributed by atoms with E-state index in [1.807, 2.05) is 0 Å². The number of nitrogen functional groups attached to an aromatic ring is 1. The van der Waals surface area contributed by atoms with Gasteiger partial charge in [0, 0.05) is 23.9 Å². The summed E-state index contributed by atoms with van der Waals surface area (Å²) in [4.78, 5) is 12.1. The van der Waals surface area contributed by atoms with E-state index in [4.69, 9.17) is 15.9 Å². The van der Waals surface area contributed by atoms with Gasteiger partial charge in [-0.3, -0.25) is 5.41 Å². The van der Waals surface area contributed by atoms with Crippen molar-refractivity contribution in [2.45, 2.75) is 6.92 Å². The van der Waals surface area contributed by atoms with E-state index in [1.165, 1.54) is 19.2 Å². The van der Waals surface area contributed by atoms with Gasteiger partial charge in [-0.2, -0.15) is 5.26 Å². The highest BCUT2D eigenvalue weighted by Crippen LogP contribution is 2.40. The van der Waals surface area contributed by atoms with E-state index in [0.29, 0.717) is 22.4 Å². The molecule has 5 N–H and O–H groups in total. The van der Waals surface area contributed by atoms with Gasteiger partial charge in [-0.15, -0.1) is 0 Å². The lowest BCUT2D eigenvalue weighted by Crippen LogP contribution is -2.13. The van der Waals surface area contributed by atoms with Crippen LogP contribution >= 0.6 is 0 Å². The van der Waals surface area contributed by atoms with E-state index in [2.05, 4.69) is 5.32 Å². The highest BCUT2D eigenvalue weighted by Gasteiger charge is 2.25. The number of aromatic hydroxyl groups is 1. The Morgan fingerprint density at radius 2 is 2.12 bits per heavy atom. The first-order valence-corrected chi connectivity index (χ1v) is 7.37. The first-order chi connectivity index (χ1) is 11.9. The Morgan fingerprint density at radius 3 is 2.68 bits per heavy atom. The van der Waals surface area contributed by atoms with Crippen LogP contribution in [0, 0.1) is 23.7 Å². The predicted molar refractivity (Wildman–Crippen MR) is 96.0 cm³/mol. The molecule has 0 unspecified atom stereocenters. The molecular formula is C18H18N4O3. The second kappa shape index (κ2) is 6.93. The molecule has 0 amide bonds. The average Bonchev–Trinajstić information content (AvgIpc) is 2.62. The van der Waals surface area contributed by atoms with Gasteiger partial charge in [-0.1, -0.05) is 12.1 Å². The molecule has 0 fully saturated rings. The number of anilines is 2. The maximum Gasteiger partial charge on any atom is 0.340 e. The van der Waals surface area contributed by atoms with Gasteiger partial charge in [0.1, 0.15) is 17.5 Å². The summed E-state index contributed by atoms with van der Waals surface area (Å²) >= 11 is 0. The zero-order valence-electron chi connectivity index (χ0n) is 14.1. The van der Waals surface area contributed by atoms with E-state index in [-0.39, 0.29) is 28.3 Å². The number of hydrogen-bond acceptors (Lipinski definition) is 7. The SMILES string of the molecule is CNc1cc(C(=O)OC)c(N)c(-c2cccc(O)c2C)c1C(=N)C#N. The van der Waals surface area contributed by atoms with Crippen molar-refractivity contribution in [3.8, 4) is 22.9 Å². The number of benzene rings is 2. The second-order valence-corrected chi connectivity index (χ2v) is 5.31. The summed E-state index contributed by atoms with van der Waals surface area (Å²) in [6.45, 7) is 1.69. The van der Waals surface area contributed by atoms with Gasteiger partial charge in [0.25, 0.3) is 0 Å². The summed E-state index contributed by atoms with van der Waals surface area (Å²) < 4.78 is 4.77. The number of carbonyl (C=O) groups is 1. The number of nitriles is 1. The number of nitrogens with one attached hydrogen (secondary N) is 2. The van der Waals surface area contributed by atoms with Gasteiger partial charge in [-0.25, -0.2) is 4.79 Å². The Balaban J connectivity index is 3.01. The van der Waals surface area contributed by atoms with Gasteiger partial charge in [0.05, 0.1) is 18.4 Å². The monoisotopic (exact) mass is 338 g/mol. The molecule has 2 rings (SSSR count). The van der Waals surface area contributed by atoms with E-state index < -0.39 is 5.97 Å². The molecule has 0 saturated carbocycles. The van der Waals surface area contributed by atoms with E-state index >= 15 is 0 Å². The molecule has 0 aliphatic rings. The zero-order chi connectivity index (χ0) is 18.7. The zero-order valence-corrected chi connectivity index (χ0v) is 14.1. The number of hydrogen-bond donors (Lipinski definition) is 4. The Hall–Kier alpha value is -3.53. The molecule has 0 bridgehead atoms. The third-order valence-corrected chi connectivity index (χ3v) is 3.98. The Bertz CT molecular complexity index is 914. The summed E-state index contributed by atoms with van der Waals surface area (Å²) in [5, 5.41) is 30.2. The van der Waals surface area contributed by atoms with Crippen molar-refractivity contribution < 1.29 is 14.6 Å². The lowest BCUT2D eigenvalue weighted by molar-refractivity contribution is 0.0602. The first kappa shape index (κ1) is 17.8. The Labute approximate surface area is 145 Å². The number of nitrogens with two attached hydrogens (primary N) is 1. The molecule has 25 heavy (non-hydrogen) atoms. The summed E-state index contributed by atoms with van der Waals surface area (Å²) in [6.07, 6.45) is 0. The smallest absolute Gasteiger partial charge is 0.340 e. The molecule has 0 saturated heterocycles. The third kappa shape index (κ3) is 2.97. The molecule has 7 heteroatoms. The van der Waals surface area contributed by atoms with Crippen LogP contribution in [0.3, 0.4) is 0 Å². The summed E-state index contributed by atoms with van der Waals surface area (Å²) in [5.74, 6) is -0.594. The van der Waals surface area contributed by atoms with Crippen molar-refractivity contribution in [1.82, 2.24) is 0 Å². The molecule has 2 aromatic carbocycles. The minimum atomic E-state index is -0.636. The third-order valence-electron chi connectivity index (χ3n) is 3.98. The molecule has 128 valence electrons. The van der Waals surface area contributed by atoms with Crippen LogP contribution in [0.1, 0.15) is 21.5 Å². The van der Waals surface area contributed by atoms with Gasteiger partial charge < -0.3 is 20.9 Å². The summed E-state index contributed by atoms with van der Waals surface area (Å²) in [7, 11) is 2.85. The maximum absolute atomic E-state index is 12.1. The Kier molecular flexibility index (Phi) is 4.94. The first-order valence-electron chi connectivity index (χ1n) is 7.37. The van der Waals surface area contributed by atoms with Gasteiger partial charge in [0.2, 0.25) is 0 Å². The van der Waals surface area contributed by atoms with Crippen molar-refractivity contribution in [3.63, 3.8) is 0 Å². The van der Waals surface area contributed by atoms with Crippen LogP contribution < -0.4 is 11.1 Å². The van der Waals surface area contributed by atoms with E-state index in [9.17, 15) is 15.2 Å². The lowest BCUT2D eigenvalue weighted by atomic mass is 9.88. The topological polar surface area (TPSA) is 132 Å². The molecule has 7 nitrogen and oxygen atoms in total. The predicted octanol–water partition coefficient (Wildman–Crippen LogP) is 2.67. The number of phenolic OH excluding ortho intramolecular Hbond substituents is 1. The standard InChI is InChI=1S/C18H18N4O3/c1-9-10(5-4-6-14(9)23)15-16(12(20)8-19)13(22-2)7-11(17(15)21)18(24)25-3/h4-7,20,22-23H,21H2,1-3H3. The van der Waals surface area contributed by atoms with Crippen molar-refractivity contribution in [1.29, 1.82) is 10.7 Å². The molecule has 0 aliphatic carbocycles. The average molecular weight is 338 g/mol. The largest absolute Gasteiger partial charge is 0.508 e. The van der Waals surface area contributed by atoms with Crippen LogP contribution in [0.15, 0.2) is 24.3 Å². The molecule has 0 radical (unpaired) electrons. The normalized spacial score (nSPS) is 10.0. The fourth-order valence-electron chi connectivity index (χ4n) is 2.66. The summed E-state index contributed by atoms with van der Waals surface area (Å²) in [5.41, 5.74) is 8.09. The highest BCUT2D eigenvalue weighted by molar-refractivity contribution is 6.20. The van der Waals surface area contributed by atoms with Gasteiger partial charge >= 0.3 is 5.97 Å². The van der Waals surface area contributed by atoms with Crippen LogP contribution in [-0.4, -0.2) is 30.9 Å². The minimum absolute atomic E-state index is 0.0424. The van der Waals surface area contributed by atoms with Crippen molar-refractivity contribution in [2.24, 2.45) is 0 Å². The minimum Gasteiger partial charge on any atom is -0.508 e.